The van der Waals surface area contributed by atoms with Gasteiger partial charge in [0.25, 0.3) is 0 Å². The highest BCUT2D eigenvalue weighted by atomic mass is 15.0. The maximum atomic E-state index is 3.67. The average Bonchev–Trinajstić information content (AvgIpc) is 2.25. The molecule has 0 aliphatic heterocycles. The van der Waals surface area contributed by atoms with Gasteiger partial charge in [-0.25, -0.2) is 0 Å². The van der Waals surface area contributed by atoms with Gasteiger partial charge in [-0.2, -0.15) is 0 Å². The van der Waals surface area contributed by atoms with Crippen LogP contribution in [0.1, 0.15) is 73.1 Å². The first-order chi connectivity index (χ1) is 8.63. The molecule has 0 radical (unpaired) electrons. The summed E-state index contributed by atoms with van der Waals surface area (Å²) in [5.41, 5.74) is 1.94. The molecule has 2 unspecified atom stereocenters. The number of rotatable bonds is 2. The van der Waals surface area contributed by atoms with Gasteiger partial charge in [-0.15, -0.1) is 0 Å². The molecule has 110 valence electrons. The highest BCUT2D eigenvalue weighted by Crippen LogP contribution is 2.72. The first-order valence-corrected chi connectivity index (χ1v) is 8.32. The van der Waals surface area contributed by atoms with Crippen LogP contribution in [0.4, 0.5) is 0 Å². The number of nitrogens with one attached hydrogen (secondary N) is 1. The van der Waals surface area contributed by atoms with Gasteiger partial charge in [-0.3, -0.25) is 0 Å². The molecule has 0 aromatic carbocycles. The molecule has 0 amide bonds. The Morgan fingerprint density at radius 1 is 0.842 bits per heavy atom. The molecule has 1 N–H and O–H groups in total. The maximum absolute atomic E-state index is 3.67. The number of hydrogen-bond donors (Lipinski definition) is 1. The quantitative estimate of drug-likeness (QED) is 0.766. The summed E-state index contributed by atoms with van der Waals surface area (Å²) in [5.74, 6) is 2.01. The van der Waals surface area contributed by atoms with Crippen molar-refractivity contribution in [3.05, 3.63) is 0 Å². The van der Waals surface area contributed by atoms with E-state index in [-0.39, 0.29) is 0 Å². The molecular weight excluding hydrogens is 230 g/mol. The second-order valence-corrected chi connectivity index (χ2v) is 9.65. The topological polar surface area (TPSA) is 12.0 Å². The van der Waals surface area contributed by atoms with Gasteiger partial charge in [0.15, 0.2) is 0 Å². The molecule has 4 fully saturated rings. The van der Waals surface area contributed by atoms with E-state index in [0.29, 0.717) is 21.8 Å². The van der Waals surface area contributed by atoms with Gasteiger partial charge < -0.3 is 5.32 Å². The van der Waals surface area contributed by atoms with Crippen LogP contribution < -0.4 is 5.32 Å². The van der Waals surface area contributed by atoms with E-state index < -0.39 is 0 Å². The third kappa shape index (κ3) is 1.76. The summed E-state index contributed by atoms with van der Waals surface area (Å²) in [6, 6.07) is 0. The van der Waals surface area contributed by atoms with E-state index in [9.17, 15) is 0 Å². The molecule has 0 aromatic heterocycles. The summed E-state index contributed by atoms with van der Waals surface area (Å²) >= 11 is 0. The fourth-order valence-electron chi connectivity index (χ4n) is 6.14. The Morgan fingerprint density at radius 3 is 1.74 bits per heavy atom. The molecular formula is C18H33N. The van der Waals surface area contributed by atoms with E-state index >= 15 is 0 Å². The SMILES string of the molecule is CNC(C)(C)C12CC3CC(CC(C(C)(C)C)(C3)C1)C2. The minimum absolute atomic E-state index is 0.293. The Hall–Kier alpha value is -0.0400. The van der Waals surface area contributed by atoms with Crippen molar-refractivity contribution < 1.29 is 0 Å². The molecule has 0 heterocycles. The molecule has 1 heteroatoms. The normalized spacial score (nSPS) is 45.8. The van der Waals surface area contributed by atoms with Crippen LogP contribution in [0.2, 0.25) is 0 Å². The average molecular weight is 263 g/mol. The summed E-state index contributed by atoms with van der Waals surface area (Å²) in [5, 5.41) is 3.67. The second-order valence-electron chi connectivity index (χ2n) is 9.65. The van der Waals surface area contributed by atoms with Crippen molar-refractivity contribution >= 4 is 0 Å². The zero-order valence-electron chi connectivity index (χ0n) is 13.9. The first kappa shape index (κ1) is 13.9. The molecule has 4 aliphatic carbocycles. The van der Waals surface area contributed by atoms with Gasteiger partial charge in [0.05, 0.1) is 0 Å². The van der Waals surface area contributed by atoms with Gasteiger partial charge >= 0.3 is 0 Å². The smallest absolute Gasteiger partial charge is 0.0178 e. The minimum Gasteiger partial charge on any atom is -0.314 e. The van der Waals surface area contributed by atoms with Crippen LogP contribution in [0.5, 0.6) is 0 Å². The van der Waals surface area contributed by atoms with Crippen molar-refractivity contribution in [2.75, 3.05) is 7.05 Å². The third-order valence-electron chi connectivity index (χ3n) is 7.60. The van der Waals surface area contributed by atoms with Gasteiger partial charge in [0, 0.05) is 5.54 Å². The lowest BCUT2D eigenvalue weighted by atomic mass is 9.37. The molecule has 19 heavy (non-hydrogen) atoms. The van der Waals surface area contributed by atoms with Crippen LogP contribution in [-0.4, -0.2) is 12.6 Å². The van der Waals surface area contributed by atoms with Crippen molar-refractivity contribution in [2.45, 2.75) is 78.7 Å². The number of hydrogen-bond acceptors (Lipinski definition) is 1. The lowest BCUT2D eigenvalue weighted by Crippen LogP contribution is -2.65. The van der Waals surface area contributed by atoms with Gasteiger partial charge in [0.2, 0.25) is 0 Å². The van der Waals surface area contributed by atoms with Crippen LogP contribution in [0.25, 0.3) is 0 Å². The first-order valence-electron chi connectivity index (χ1n) is 8.32. The zero-order valence-corrected chi connectivity index (χ0v) is 13.9. The van der Waals surface area contributed by atoms with Crippen molar-refractivity contribution in [2.24, 2.45) is 28.1 Å². The van der Waals surface area contributed by atoms with Crippen LogP contribution in [0, 0.1) is 28.1 Å². The third-order valence-corrected chi connectivity index (χ3v) is 7.60. The fraction of sp³-hybridized carbons (Fsp3) is 1.00. The highest BCUT2D eigenvalue weighted by molar-refractivity contribution is 5.16. The lowest BCUT2D eigenvalue weighted by Gasteiger charge is -2.69. The summed E-state index contributed by atoms with van der Waals surface area (Å²) in [6.45, 7) is 12.4. The highest BCUT2D eigenvalue weighted by Gasteiger charge is 2.64. The molecule has 0 spiro atoms. The molecule has 0 aromatic rings. The molecule has 4 rings (SSSR count). The van der Waals surface area contributed by atoms with E-state index in [1.54, 1.807) is 0 Å². The summed E-state index contributed by atoms with van der Waals surface area (Å²) in [7, 11) is 2.17. The van der Waals surface area contributed by atoms with Crippen molar-refractivity contribution in [1.82, 2.24) is 5.32 Å². The standard InChI is InChI=1S/C18H33N/c1-15(2,3)17-8-13-7-14(9-17)11-18(10-13,12-17)16(4,5)19-6/h13-14,19H,7-12H2,1-6H3. The fourth-order valence-corrected chi connectivity index (χ4v) is 6.14. The predicted molar refractivity (Wildman–Crippen MR) is 82.1 cm³/mol. The van der Waals surface area contributed by atoms with Gasteiger partial charge in [-0.1, -0.05) is 20.8 Å². The Bertz CT molecular complexity index is 360. The summed E-state index contributed by atoms with van der Waals surface area (Å²) in [4.78, 5) is 0. The summed E-state index contributed by atoms with van der Waals surface area (Å²) < 4.78 is 0. The zero-order chi connectivity index (χ0) is 14.1. The second kappa shape index (κ2) is 3.78. The van der Waals surface area contributed by atoms with E-state index in [1.165, 1.54) is 38.5 Å². The Labute approximate surface area is 119 Å². The van der Waals surface area contributed by atoms with Crippen molar-refractivity contribution in [3.8, 4) is 0 Å². The van der Waals surface area contributed by atoms with Crippen molar-refractivity contribution in [3.63, 3.8) is 0 Å². The van der Waals surface area contributed by atoms with Crippen LogP contribution in [0.15, 0.2) is 0 Å². The Balaban J connectivity index is 2.03. The van der Waals surface area contributed by atoms with E-state index in [2.05, 4.69) is 47.0 Å². The van der Waals surface area contributed by atoms with Crippen LogP contribution >= 0.6 is 0 Å². The van der Waals surface area contributed by atoms with Crippen molar-refractivity contribution in [1.29, 1.82) is 0 Å². The lowest BCUT2D eigenvalue weighted by molar-refractivity contribution is -0.181. The van der Waals surface area contributed by atoms with E-state index in [1.807, 2.05) is 0 Å². The molecule has 4 bridgehead atoms. The largest absolute Gasteiger partial charge is 0.314 e. The molecule has 0 saturated heterocycles. The molecule has 1 nitrogen and oxygen atoms in total. The van der Waals surface area contributed by atoms with E-state index in [4.69, 9.17) is 0 Å². The molecule has 2 atom stereocenters. The van der Waals surface area contributed by atoms with E-state index in [0.717, 1.165) is 11.8 Å². The molecule has 4 aliphatic rings. The molecule has 4 saturated carbocycles. The van der Waals surface area contributed by atoms with Crippen LogP contribution in [0.3, 0.4) is 0 Å². The van der Waals surface area contributed by atoms with Crippen LogP contribution in [-0.2, 0) is 0 Å². The Kier molecular flexibility index (Phi) is 2.77. The van der Waals surface area contributed by atoms with Gasteiger partial charge in [-0.05, 0) is 87.5 Å². The maximum Gasteiger partial charge on any atom is 0.0178 e. The minimum atomic E-state index is 0.293. The monoisotopic (exact) mass is 263 g/mol. The predicted octanol–water partition coefficient (Wildman–Crippen LogP) is 4.62. The Morgan fingerprint density at radius 2 is 1.32 bits per heavy atom. The van der Waals surface area contributed by atoms with Gasteiger partial charge in [0.1, 0.15) is 0 Å². The summed E-state index contributed by atoms with van der Waals surface area (Å²) in [6.07, 6.45) is 8.97.